The van der Waals surface area contributed by atoms with Gasteiger partial charge in [-0.05, 0) is 32.9 Å². The summed E-state index contributed by atoms with van der Waals surface area (Å²) in [7, 11) is 0. The van der Waals surface area contributed by atoms with Gasteiger partial charge in [-0.15, -0.1) is 0 Å². The maximum atomic E-state index is 13.6. The first kappa shape index (κ1) is 18.1. The number of benzene rings is 1. The standard InChI is InChI=1S/C16H20F2O4/c1-10(19)22-11(9-21-15(20)16(2,3)4)8-12-13(17)6-5-7-14(12)18/h5-7,11H,8-9H2,1-4H3/t11-/m1/s1. The lowest BCUT2D eigenvalue weighted by Gasteiger charge is -2.21. The summed E-state index contributed by atoms with van der Waals surface area (Å²) in [6, 6.07) is 3.48. The summed E-state index contributed by atoms with van der Waals surface area (Å²) in [6.45, 7) is 5.94. The Labute approximate surface area is 128 Å². The molecule has 1 rings (SSSR count). The summed E-state index contributed by atoms with van der Waals surface area (Å²) in [5, 5.41) is 0. The van der Waals surface area contributed by atoms with Crippen LogP contribution in [-0.2, 0) is 25.5 Å². The van der Waals surface area contributed by atoms with Gasteiger partial charge in [-0.2, -0.15) is 0 Å². The Hall–Kier alpha value is -1.98. The summed E-state index contributed by atoms with van der Waals surface area (Å²) >= 11 is 0. The van der Waals surface area contributed by atoms with Gasteiger partial charge in [0.15, 0.2) is 0 Å². The summed E-state index contributed by atoms with van der Waals surface area (Å²) in [5.41, 5.74) is -0.926. The lowest BCUT2D eigenvalue weighted by molar-refractivity contribution is -0.162. The molecule has 0 amide bonds. The van der Waals surface area contributed by atoms with Crippen LogP contribution in [0.2, 0.25) is 0 Å². The highest BCUT2D eigenvalue weighted by Gasteiger charge is 2.26. The number of carbonyl (C=O) groups is 2. The van der Waals surface area contributed by atoms with Crippen LogP contribution in [0, 0.1) is 17.0 Å². The molecule has 122 valence electrons. The number of hydrogen-bond donors (Lipinski definition) is 0. The molecule has 0 aliphatic rings. The van der Waals surface area contributed by atoms with Crippen molar-refractivity contribution in [3.05, 3.63) is 35.4 Å². The average Bonchev–Trinajstić information content (AvgIpc) is 2.38. The van der Waals surface area contributed by atoms with Crippen LogP contribution in [0.15, 0.2) is 18.2 Å². The molecule has 4 nitrogen and oxygen atoms in total. The smallest absolute Gasteiger partial charge is 0.311 e. The van der Waals surface area contributed by atoms with Crippen molar-refractivity contribution < 1.29 is 27.8 Å². The van der Waals surface area contributed by atoms with E-state index < -0.39 is 35.1 Å². The molecular weight excluding hydrogens is 294 g/mol. The third-order valence-corrected chi connectivity index (χ3v) is 2.84. The largest absolute Gasteiger partial charge is 0.461 e. The Morgan fingerprint density at radius 2 is 1.73 bits per heavy atom. The third-order valence-electron chi connectivity index (χ3n) is 2.84. The van der Waals surface area contributed by atoms with Crippen LogP contribution in [0.4, 0.5) is 8.78 Å². The van der Waals surface area contributed by atoms with Gasteiger partial charge in [-0.3, -0.25) is 9.59 Å². The van der Waals surface area contributed by atoms with E-state index in [0.29, 0.717) is 0 Å². The highest BCUT2D eigenvalue weighted by molar-refractivity contribution is 5.75. The minimum absolute atomic E-state index is 0.208. The summed E-state index contributed by atoms with van der Waals surface area (Å²) in [5.74, 6) is -2.58. The van der Waals surface area contributed by atoms with Gasteiger partial charge in [0.2, 0.25) is 0 Å². The first-order chi connectivity index (χ1) is 10.1. The summed E-state index contributed by atoms with van der Waals surface area (Å²) in [4.78, 5) is 22.8. The molecular formula is C16H20F2O4. The van der Waals surface area contributed by atoms with Crippen molar-refractivity contribution in [2.75, 3.05) is 6.61 Å². The molecule has 0 spiro atoms. The number of carbonyl (C=O) groups excluding carboxylic acids is 2. The average molecular weight is 314 g/mol. The second-order valence-corrected chi connectivity index (χ2v) is 5.98. The van der Waals surface area contributed by atoms with E-state index in [1.807, 2.05) is 0 Å². The van der Waals surface area contributed by atoms with E-state index in [9.17, 15) is 18.4 Å². The van der Waals surface area contributed by atoms with Crippen LogP contribution >= 0.6 is 0 Å². The quantitative estimate of drug-likeness (QED) is 0.784. The van der Waals surface area contributed by atoms with Gasteiger partial charge >= 0.3 is 11.9 Å². The van der Waals surface area contributed by atoms with E-state index in [0.717, 1.165) is 12.1 Å². The Morgan fingerprint density at radius 3 is 2.18 bits per heavy atom. The third kappa shape index (κ3) is 5.42. The number of hydrogen-bond acceptors (Lipinski definition) is 4. The number of esters is 2. The molecule has 0 bridgehead atoms. The van der Waals surface area contributed by atoms with E-state index in [4.69, 9.17) is 9.47 Å². The zero-order chi connectivity index (χ0) is 16.9. The Bertz CT molecular complexity index is 529. The first-order valence-electron chi connectivity index (χ1n) is 6.88. The van der Waals surface area contributed by atoms with Crippen molar-refractivity contribution in [3.63, 3.8) is 0 Å². The van der Waals surface area contributed by atoms with Gasteiger partial charge in [0.05, 0.1) is 5.41 Å². The molecule has 6 heteroatoms. The first-order valence-corrected chi connectivity index (χ1v) is 6.88. The molecule has 0 heterocycles. The molecule has 0 aromatic heterocycles. The second kappa shape index (κ2) is 7.33. The van der Waals surface area contributed by atoms with E-state index in [1.165, 1.54) is 13.0 Å². The van der Waals surface area contributed by atoms with Gasteiger partial charge < -0.3 is 9.47 Å². The Balaban J connectivity index is 2.81. The van der Waals surface area contributed by atoms with Crippen LogP contribution in [0.5, 0.6) is 0 Å². The fourth-order valence-electron chi connectivity index (χ4n) is 1.71. The van der Waals surface area contributed by atoms with Crippen LogP contribution < -0.4 is 0 Å². The van der Waals surface area contributed by atoms with Crippen molar-refractivity contribution in [2.24, 2.45) is 5.41 Å². The topological polar surface area (TPSA) is 52.6 Å². The predicted molar refractivity (Wildman–Crippen MR) is 76.0 cm³/mol. The highest BCUT2D eigenvalue weighted by Crippen LogP contribution is 2.18. The molecule has 0 N–H and O–H groups in total. The number of ether oxygens (including phenoxy) is 2. The minimum Gasteiger partial charge on any atom is -0.461 e. The molecule has 1 atom stereocenters. The molecule has 1 aromatic carbocycles. The minimum atomic E-state index is -0.949. The molecule has 0 unspecified atom stereocenters. The second-order valence-electron chi connectivity index (χ2n) is 5.98. The maximum Gasteiger partial charge on any atom is 0.311 e. The molecule has 1 aromatic rings. The van der Waals surface area contributed by atoms with Gasteiger partial charge in [-0.1, -0.05) is 6.07 Å². The fourth-order valence-corrected chi connectivity index (χ4v) is 1.71. The zero-order valence-corrected chi connectivity index (χ0v) is 13.1. The summed E-state index contributed by atoms with van der Waals surface area (Å²) < 4.78 is 37.3. The van der Waals surface area contributed by atoms with Crippen LogP contribution in [0.25, 0.3) is 0 Å². The maximum absolute atomic E-state index is 13.6. The lowest BCUT2D eigenvalue weighted by atomic mass is 9.97. The van der Waals surface area contributed by atoms with E-state index in [-0.39, 0.29) is 18.6 Å². The normalized spacial score (nSPS) is 12.6. The van der Waals surface area contributed by atoms with Crippen molar-refractivity contribution in [3.8, 4) is 0 Å². The van der Waals surface area contributed by atoms with Crippen LogP contribution in [0.3, 0.4) is 0 Å². The van der Waals surface area contributed by atoms with Crippen molar-refractivity contribution in [2.45, 2.75) is 40.2 Å². The molecule has 0 fully saturated rings. The number of halogens is 2. The Morgan fingerprint density at radius 1 is 1.18 bits per heavy atom. The lowest BCUT2D eigenvalue weighted by Crippen LogP contribution is -2.31. The van der Waals surface area contributed by atoms with E-state index in [1.54, 1.807) is 20.8 Å². The van der Waals surface area contributed by atoms with Gasteiger partial charge in [0, 0.05) is 18.9 Å². The predicted octanol–water partition coefficient (Wildman–Crippen LogP) is 3.03. The molecule has 22 heavy (non-hydrogen) atoms. The zero-order valence-electron chi connectivity index (χ0n) is 13.1. The number of rotatable bonds is 5. The van der Waals surface area contributed by atoms with E-state index >= 15 is 0 Å². The molecule has 0 saturated carbocycles. The van der Waals surface area contributed by atoms with Crippen LogP contribution in [0.1, 0.15) is 33.3 Å². The van der Waals surface area contributed by atoms with Gasteiger partial charge in [0.25, 0.3) is 0 Å². The molecule has 0 saturated heterocycles. The van der Waals surface area contributed by atoms with Crippen molar-refractivity contribution >= 4 is 11.9 Å². The molecule has 0 radical (unpaired) electrons. The Kier molecular flexibility index (Phi) is 6.02. The molecule has 0 aliphatic heterocycles. The highest BCUT2D eigenvalue weighted by atomic mass is 19.1. The fraction of sp³-hybridized carbons (Fsp3) is 0.500. The van der Waals surface area contributed by atoms with Crippen LogP contribution in [-0.4, -0.2) is 24.6 Å². The monoisotopic (exact) mass is 314 g/mol. The SMILES string of the molecule is CC(=O)O[C@@H](COC(=O)C(C)(C)C)Cc1c(F)cccc1F. The van der Waals surface area contributed by atoms with Crippen molar-refractivity contribution in [1.29, 1.82) is 0 Å². The summed E-state index contributed by atoms with van der Waals surface area (Å²) in [6.07, 6.45) is -1.16. The van der Waals surface area contributed by atoms with Gasteiger partial charge in [0.1, 0.15) is 24.3 Å². The van der Waals surface area contributed by atoms with Gasteiger partial charge in [-0.25, -0.2) is 8.78 Å². The van der Waals surface area contributed by atoms with E-state index in [2.05, 4.69) is 0 Å². The van der Waals surface area contributed by atoms with Crippen molar-refractivity contribution in [1.82, 2.24) is 0 Å². The molecule has 0 aliphatic carbocycles.